The maximum absolute atomic E-state index is 12.2. The van der Waals surface area contributed by atoms with Crippen LogP contribution in [0.3, 0.4) is 0 Å². The number of nitrogens with one attached hydrogen (secondary N) is 1. The van der Waals surface area contributed by atoms with Gasteiger partial charge < -0.3 is 15.0 Å². The van der Waals surface area contributed by atoms with Crippen molar-refractivity contribution in [3.8, 4) is 5.75 Å². The number of amides is 1. The van der Waals surface area contributed by atoms with E-state index in [1.54, 1.807) is 0 Å². The van der Waals surface area contributed by atoms with Gasteiger partial charge in [-0.05, 0) is 56.6 Å². The second kappa shape index (κ2) is 11.1. The first-order chi connectivity index (χ1) is 11.1. The maximum atomic E-state index is 12.2. The predicted octanol–water partition coefficient (Wildman–Crippen LogP) is 3.57. The number of rotatable bonds is 11. The van der Waals surface area contributed by atoms with Crippen molar-refractivity contribution in [1.82, 2.24) is 10.2 Å². The van der Waals surface area contributed by atoms with E-state index in [1.165, 1.54) is 0 Å². The number of hydrogen-bond donors (Lipinski definition) is 1. The Morgan fingerprint density at radius 1 is 1.22 bits per heavy atom. The van der Waals surface area contributed by atoms with Gasteiger partial charge in [-0.3, -0.25) is 4.79 Å². The van der Waals surface area contributed by atoms with Gasteiger partial charge in [-0.15, -0.1) is 0 Å². The van der Waals surface area contributed by atoms with Gasteiger partial charge >= 0.3 is 0 Å². The van der Waals surface area contributed by atoms with Gasteiger partial charge in [-0.2, -0.15) is 0 Å². The van der Waals surface area contributed by atoms with E-state index in [0.717, 1.165) is 44.8 Å². The summed E-state index contributed by atoms with van der Waals surface area (Å²) in [5.41, 5.74) is 0.662. The van der Waals surface area contributed by atoms with Gasteiger partial charge in [0.15, 0.2) is 0 Å². The van der Waals surface area contributed by atoms with Gasteiger partial charge in [0.2, 0.25) is 0 Å². The Balaban J connectivity index is 2.33. The van der Waals surface area contributed by atoms with Crippen molar-refractivity contribution in [2.75, 3.05) is 32.8 Å². The van der Waals surface area contributed by atoms with Gasteiger partial charge in [0.05, 0.1) is 6.61 Å². The molecule has 23 heavy (non-hydrogen) atoms. The third-order valence-corrected chi connectivity index (χ3v) is 3.76. The van der Waals surface area contributed by atoms with Crippen LogP contribution in [0, 0.1) is 5.92 Å². The monoisotopic (exact) mass is 320 g/mol. The van der Waals surface area contributed by atoms with Crippen LogP contribution in [-0.2, 0) is 0 Å². The smallest absolute Gasteiger partial charge is 0.251 e. The van der Waals surface area contributed by atoms with Crippen LogP contribution in [-0.4, -0.2) is 43.6 Å². The van der Waals surface area contributed by atoms with E-state index in [4.69, 9.17) is 4.74 Å². The fourth-order valence-corrected chi connectivity index (χ4v) is 2.29. The largest absolute Gasteiger partial charge is 0.493 e. The summed E-state index contributed by atoms with van der Waals surface area (Å²) in [4.78, 5) is 14.6. The zero-order valence-electron chi connectivity index (χ0n) is 15.1. The highest BCUT2D eigenvalue weighted by atomic mass is 16.5. The average Bonchev–Trinajstić information content (AvgIpc) is 2.56. The lowest BCUT2D eigenvalue weighted by Crippen LogP contribution is -2.27. The Kier molecular flexibility index (Phi) is 9.37. The maximum Gasteiger partial charge on any atom is 0.251 e. The van der Waals surface area contributed by atoms with Crippen LogP contribution in [0.5, 0.6) is 5.75 Å². The number of unbranched alkanes of at least 4 members (excludes halogenated alkanes) is 1. The lowest BCUT2D eigenvalue weighted by atomic mass is 10.2. The van der Waals surface area contributed by atoms with Gasteiger partial charge in [0.1, 0.15) is 5.75 Å². The van der Waals surface area contributed by atoms with Crippen molar-refractivity contribution in [2.24, 2.45) is 5.92 Å². The fraction of sp³-hybridized carbons (Fsp3) is 0.632. The summed E-state index contributed by atoms with van der Waals surface area (Å²) >= 11 is 0. The average molecular weight is 320 g/mol. The Morgan fingerprint density at radius 3 is 2.61 bits per heavy atom. The molecule has 0 bridgehead atoms. The number of hydrogen-bond acceptors (Lipinski definition) is 3. The zero-order chi connectivity index (χ0) is 17.1. The number of ether oxygens (including phenoxy) is 1. The summed E-state index contributed by atoms with van der Waals surface area (Å²) in [7, 11) is 0. The molecule has 4 heteroatoms. The van der Waals surface area contributed by atoms with Gasteiger partial charge in [-0.25, -0.2) is 0 Å². The molecule has 0 aliphatic heterocycles. The van der Waals surface area contributed by atoms with Gasteiger partial charge in [0, 0.05) is 12.1 Å². The third kappa shape index (κ3) is 8.03. The first-order valence-corrected chi connectivity index (χ1v) is 8.80. The summed E-state index contributed by atoms with van der Waals surface area (Å²) in [5, 5.41) is 2.99. The normalized spacial score (nSPS) is 11.0. The van der Waals surface area contributed by atoms with E-state index in [0.29, 0.717) is 18.1 Å². The molecule has 4 nitrogen and oxygen atoms in total. The summed E-state index contributed by atoms with van der Waals surface area (Å²) in [5.74, 6) is 1.20. The molecule has 1 rings (SSSR count). The SMILES string of the molecule is CCN(CC)CCCCNC(=O)c1cccc(OCC(C)C)c1. The molecule has 0 radical (unpaired) electrons. The predicted molar refractivity (Wildman–Crippen MR) is 96.1 cm³/mol. The molecule has 1 N–H and O–H groups in total. The van der Waals surface area contributed by atoms with E-state index in [9.17, 15) is 4.79 Å². The van der Waals surface area contributed by atoms with Crippen LogP contribution in [0.4, 0.5) is 0 Å². The highest BCUT2D eigenvalue weighted by Crippen LogP contribution is 2.14. The summed E-state index contributed by atoms with van der Waals surface area (Å²) in [6.45, 7) is 13.2. The van der Waals surface area contributed by atoms with Crippen LogP contribution in [0.25, 0.3) is 0 Å². The number of carbonyl (C=O) groups excluding carboxylic acids is 1. The molecule has 0 aliphatic rings. The number of nitrogens with zero attached hydrogens (tertiary/aromatic N) is 1. The van der Waals surface area contributed by atoms with Crippen LogP contribution < -0.4 is 10.1 Å². The second-order valence-electron chi connectivity index (χ2n) is 6.22. The minimum atomic E-state index is -0.0252. The molecule has 0 unspecified atom stereocenters. The molecule has 0 fully saturated rings. The lowest BCUT2D eigenvalue weighted by molar-refractivity contribution is 0.0952. The molecule has 1 aromatic carbocycles. The number of carbonyl (C=O) groups is 1. The standard InChI is InChI=1S/C19H32N2O2/c1-5-21(6-2)13-8-7-12-20-19(22)17-10-9-11-18(14-17)23-15-16(3)4/h9-11,14,16H,5-8,12-13,15H2,1-4H3,(H,20,22). The van der Waals surface area contributed by atoms with Crippen molar-refractivity contribution in [2.45, 2.75) is 40.5 Å². The summed E-state index contributed by atoms with van der Waals surface area (Å²) < 4.78 is 5.67. The molecular weight excluding hydrogens is 288 g/mol. The summed E-state index contributed by atoms with van der Waals surface area (Å²) in [6, 6.07) is 7.40. The third-order valence-electron chi connectivity index (χ3n) is 3.76. The van der Waals surface area contributed by atoms with E-state index in [2.05, 4.69) is 37.9 Å². The Morgan fingerprint density at radius 2 is 1.96 bits per heavy atom. The fourth-order valence-electron chi connectivity index (χ4n) is 2.29. The number of benzene rings is 1. The molecule has 0 spiro atoms. The minimum Gasteiger partial charge on any atom is -0.493 e. The molecule has 0 saturated carbocycles. The van der Waals surface area contributed by atoms with Gasteiger partial charge in [-0.1, -0.05) is 33.8 Å². The molecule has 0 heterocycles. The van der Waals surface area contributed by atoms with Crippen molar-refractivity contribution >= 4 is 5.91 Å². The molecular formula is C19H32N2O2. The Hall–Kier alpha value is -1.55. The van der Waals surface area contributed by atoms with Crippen molar-refractivity contribution in [3.63, 3.8) is 0 Å². The van der Waals surface area contributed by atoms with Crippen LogP contribution in [0.2, 0.25) is 0 Å². The molecule has 1 aromatic rings. The lowest BCUT2D eigenvalue weighted by Gasteiger charge is -2.17. The highest BCUT2D eigenvalue weighted by Gasteiger charge is 2.07. The van der Waals surface area contributed by atoms with Crippen LogP contribution in [0.15, 0.2) is 24.3 Å². The molecule has 0 aromatic heterocycles. The molecule has 0 aliphatic carbocycles. The van der Waals surface area contributed by atoms with Crippen LogP contribution in [0.1, 0.15) is 50.9 Å². The van der Waals surface area contributed by atoms with E-state index >= 15 is 0 Å². The second-order valence-corrected chi connectivity index (χ2v) is 6.22. The molecule has 0 atom stereocenters. The molecule has 130 valence electrons. The van der Waals surface area contributed by atoms with Crippen LogP contribution >= 0.6 is 0 Å². The first kappa shape index (κ1) is 19.5. The van der Waals surface area contributed by atoms with Crippen molar-refractivity contribution < 1.29 is 9.53 Å². The van der Waals surface area contributed by atoms with Crippen molar-refractivity contribution in [3.05, 3.63) is 29.8 Å². The van der Waals surface area contributed by atoms with E-state index in [1.807, 2.05) is 24.3 Å². The first-order valence-electron chi connectivity index (χ1n) is 8.80. The van der Waals surface area contributed by atoms with Gasteiger partial charge in [0.25, 0.3) is 5.91 Å². The van der Waals surface area contributed by atoms with E-state index < -0.39 is 0 Å². The topological polar surface area (TPSA) is 41.6 Å². The quantitative estimate of drug-likeness (QED) is 0.634. The van der Waals surface area contributed by atoms with Crippen molar-refractivity contribution in [1.29, 1.82) is 0 Å². The molecule has 1 amide bonds. The zero-order valence-corrected chi connectivity index (χ0v) is 15.1. The Labute approximate surface area is 141 Å². The molecule has 0 saturated heterocycles. The Bertz CT molecular complexity index is 456. The highest BCUT2D eigenvalue weighted by molar-refractivity contribution is 5.94. The summed E-state index contributed by atoms with van der Waals surface area (Å²) in [6.07, 6.45) is 2.12. The van der Waals surface area contributed by atoms with E-state index in [-0.39, 0.29) is 5.91 Å². The minimum absolute atomic E-state index is 0.0252.